The molecule has 132 valence electrons. The average Bonchev–Trinajstić information content (AvgIpc) is 2.69. The average molecular weight is 350 g/mol. The summed E-state index contributed by atoms with van der Waals surface area (Å²) in [6.45, 7) is 1.10. The Balaban J connectivity index is 2.02. The van der Waals surface area contributed by atoms with Crippen LogP contribution in [0.4, 0.5) is 10.1 Å². The topological polar surface area (TPSA) is 42.4 Å². The van der Waals surface area contributed by atoms with Crippen LogP contribution < -0.4 is 9.64 Å². The summed E-state index contributed by atoms with van der Waals surface area (Å²) in [5.74, 6) is -0.442. The summed E-state index contributed by atoms with van der Waals surface area (Å²) in [5.41, 5.74) is 2.39. The molecule has 0 bridgehead atoms. The lowest BCUT2D eigenvalue weighted by molar-refractivity contribution is 0.111. The Bertz CT molecular complexity index is 828. The molecule has 1 aromatic heterocycles. The Labute approximate surface area is 151 Å². The van der Waals surface area contributed by atoms with Crippen LogP contribution in [0.2, 0.25) is 0 Å². The minimum Gasteiger partial charge on any atom is -0.480 e. The van der Waals surface area contributed by atoms with E-state index in [1.807, 2.05) is 65.6 Å². The van der Waals surface area contributed by atoms with Gasteiger partial charge in [0.25, 0.3) is 0 Å². The van der Waals surface area contributed by atoms with Crippen molar-refractivity contribution in [3.63, 3.8) is 0 Å². The number of benzene rings is 2. The van der Waals surface area contributed by atoms with Crippen LogP contribution in [0.5, 0.6) is 5.88 Å². The molecule has 1 heterocycles. The molecule has 0 aliphatic rings. The zero-order valence-corrected chi connectivity index (χ0v) is 14.4. The van der Waals surface area contributed by atoms with E-state index in [9.17, 15) is 9.18 Å². The van der Waals surface area contributed by atoms with E-state index >= 15 is 0 Å². The first-order valence-corrected chi connectivity index (χ1v) is 8.23. The highest BCUT2D eigenvalue weighted by Gasteiger charge is 2.18. The maximum absolute atomic E-state index is 14.2. The number of hydrogen-bond acceptors (Lipinski definition) is 4. The summed E-state index contributed by atoms with van der Waals surface area (Å²) in [7, 11) is 1.46. The van der Waals surface area contributed by atoms with E-state index in [2.05, 4.69) is 4.98 Å². The summed E-state index contributed by atoms with van der Waals surface area (Å²) >= 11 is 0. The van der Waals surface area contributed by atoms with Gasteiger partial charge < -0.3 is 9.64 Å². The second kappa shape index (κ2) is 8.25. The van der Waals surface area contributed by atoms with Crippen molar-refractivity contribution in [2.45, 2.75) is 13.1 Å². The standard InChI is InChI=1S/C21H19FN2O2/c1-26-21-20(12-18(22)19(15-25)23-21)24(13-16-8-4-2-5-9-16)14-17-10-6-3-7-11-17/h2-12,15H,13-14H2,1H3. The number of nitrogens with zero attached hydrogens (tertiary/aromatic N) is 2. The van der Waals surface area contributed by atoms with Gasteiger partial charge in [-0.05, 0) is 11.1 Å². The van der Waals surface area contributed by atoms with E-state index in [4.69, 9.17) is 4.74 Å². The highest BCUT2D eigenvalue weighted by molar-refractivity contribution is 5.74. The quantitative estimate of drug-likeness (QED) is 0.598. The predicted octanol–water partition coefficient (Wildman–Crippen LogP) is 4.25. The highest BCUT2D eigenvalue weighted by Crippen LogP contribution is 2.30. The van der Waals surface area contributed by atoms with E-state index in [1.165, 1.54) is 13.2 Å². The van der Waals surface area contributed by atoms with Gasteiger partial charge in [0.1, 0.15) is 11.4 Å². The minimum atomic E-state index is -0.665. The summed E-state index contributed by atoms with van der Waals surface area (Å²) in [5, 5.41) is 0. The molecule has 0 amide bonds. The Morgan fingerprint density at radius 2 is 1.54 bits per heavy atom. The van der Waals surface area contributed by atoms with Crippen molar-refractivity contribution >= 4 is 12.0 Å². The van der Waals surface area contributed by atoms with Crippen LogP contribution in [0.3, 0.4) is 0 Å². The number of methoxy groups -OCH3 is 1. The number of anilines is 1. The molecule has 0 radical (unpaired) electrons. The lowest BCUT2D eigenvalue weighted by Gasteiger charge is -2.26. The van der Waals surface area contributed by atoms with Crippen molar-refractivity contribution in [2.75, 3.05) is 12.0 Å². The molecule has 0 saturated heterocycles. The summed E-state index contributed by atoms with van der Waals surface area (Å²) < 4.78 is 19.5. The van der Waals surface area contributed by atoms with Crippen molar-refractivity contribution in [1.29, 1.82) is 0 Å². The van der Waals surface area contributed by atoms with Crippen LogP contribution in [-0.2, 0) is 13.1 Å². The zero-order valence-electron chi connectivity index (χ0n) is 14.4. The van der Waals surface area contributed by atoms with Crippen LogP contribution in [0.1, 0.15) is 21.6 Å². The van der Waals surface area contributed by atoms with Gasteiger partial charge in [-0.1, -0.05) is 60.7 Å². The third kappa shape index (κ3) is 4.06. The van der Waals surface area contributed by atoms with Crippen LogP contribution in [0.15, 0.2) is 66.7 Å². The van der Waals surface area contributed by atoms with E-state index in [1.54, 1.807) is 0 Å². The van der Waals surface area contributed by atoms with E-state index in [0.29, 0.717) is 25.1 Å². The third-order valence-electron chi connectivity index (χ3n) is 4.03. The second-order valence-electron chi connectivity index (χ2n) is 5.83. The Morgan fingerprint density at radius 3 is 2.00 bits per heavy atom. The van der Waals surface area contributed by atoms with Crippen LogP contribution in [0, 0.1) is 5.82 Å². The normalized spacial score (nSPS) is 10.4. The van der Waals surface area contributed by atoms with Gasteiger partial charge in [-0.2, -0.15) is 0 Å². The SMILES string of the molecule is COc1nc(C=O)c(F)cc1N(Cc1ccccc1)Cc1ccccc1. The van der Waals surface area contributed by atoms with Gasteiger partial charge in [-0.25, -0.2) is 9.37 Å². The Hall–Kier alpha value is -3.21. The molecule has 0 fully saturated rings. The molecule has 0 N–H and O–H groups in total. The van der Waals surface area contributed by atoms with Crippen molar-refractivity contribution < 1.29 is 13.9 Å². The van der Waals surface area contributed by atoms with Gasteiger partial charge >= 0.3 is 0 Å². The summed E-state index contributed by atoms with van der Waals surface area (Å²) in [6, 6.07) is 21.1. The number of pyridine rings is 1. The van der Waals surface area contributed by atoms with Gasteiger partial charge in [0.05, 0.1) is 7.11 Å². The van der Waals surface area contributed by atoms with E-state index in [0.717, 1.165) is 11.1 Å². The molecule has 26 heavy (non-hydrogen) atoms. The molecular weight excluding hydrogens is 331 g/mol. The fourth-order valence-electron chi connectivity index (χ4n) is 2.77. The monoisotopic (exact) mass is 350 g/mol. The van der Waals surface area contributed by atoms with E-state index < -0.39 is 5.82 Å². The van der Waals surface area contributed by atoms with Gasteiger partial charge in [0.15, 0.2) is 12.1 Å². The fraction of sp³-hybridized carbons (Fsp3) is 0.143. The van der Waals surface area contributed by atoms with Crippen molar-refractivity contribution in [2.24, 2.45) is 0 Å². The lowest BCUT2D eigenvalue weighted by Crippen LogP contribution is -2.23. The number of aromatic nitrogens is 1. The molecule has 0 saturated carbocycles. The molecule has 0 aliphatic heterocycles. The molecule has 0 atom stereocenters. The van der Waals surface area contributed by atoms with E-state index in [-0.39, 0.29) is 11.6 Å². The highest BCUT2D eigenvalue weighted by atomic mass is 19.1. The lowest BCUT2D eigenvalue weighted by atomic mass is 10.1. The zero-order chi connectivity index (χ0) is 18.4. The maximum Gasteiger partial charge on any atom is 0.238 e. The number of ether oxygens (including phenoxy) is 1. The molecule has 2 aromatic carbocycles. The number of aldehydes is 1. The fourth-order valence-corrected chi connectivity index (χ4v) is 2.77. The summed E-state index contributed by atoms with van der Waals surface area (Å²) in [4.78, 5) is 17.0. The molecule has 0 spiro atoms. The Morgan fingerprint density at radius 1 is 1.00 bits per heavy atom. The molecule has 0 aliphatic carbocycles. The third-order valence-corrected chi connectivity index (χ3v) is 4.03. The molecule has 0 unspecified atom stereocenters. The second-order valence-corrected chi connectivity index (χ2v) is 5.83. The number of hydrogen-bond donors (Lipinski definition) is 0. The number of rotatable bonds is 7. The number of halogens is 1. The first-order chi connectivity index (χ1) is 12.7. The molecular formula is C21H19FN2O2. The van der Waals surface area contributed by atoms with Gasteiger partial charge in [0.2, 0.25) is 5.88 Å². The van der Waals surface area contributed by atoms with Crippen molar-refractivity contribution in [1.82, 2.24) is 4.98 Å². The largest absolute Gasteiger partial charge is 0.480 e. The van der Waals surface area contributed by atoms with Gasteiger partial charge in [0, 0.05) is 19.2 Å². The molecule has 3 aromatic rings. The van der Waals surface area contributed by atoms with Crippen LogP contribution >= 0.6 is 0 Å². The smallest absolute Gasteiger partial charge is 0.238 e. The molecule has 3 rings (SSSR count). The first kappa shape index (κ1) is 17.6. The number of carbonyl (C=O) groups is 1. The van der Waals surface area contributed by atoms with Crippen LogP contribution in [0.25, 0.3) is 0 Å². The minimum absolute atomic E-state index is 0.223. The first-order valence-electron chi connectivity index (χ1n) is 8.23. The predicted molar refractivity (Wildman–Crippen MR) is 98.9 cm³/mol. The maximum atomic E-state index is 14.2. The summed E-state index contributed by atoms with van der Waals surface area (Å²) in [6.07, 6.45) is 0.389. The Kier molecular flexibility index (Phi) is 5.59. The molecule has 5 heteroatoms. The van der Waals surface area contributed by atoms with Gasteiger partial charge in [-0.15, -0.1) is 0 Å². The molecule has 4 nitrogen and oxygen atoms in total. The number of carbonyl (C=O) groups excluding carboxylic acids is 1. The van der Waals surface area contributed by atoms with Crippen LogP contribution in [-0.4, -0.2) is 18.4 Å². The van der Waals surface area contributed by atoms with Gasteiger partial charge in [-0.3, -0.25) is 4.79 Å². The van der Waals surface area contributed by atoms with Crippen molar-refractivity contribution in [3.05, 3.63) is 89.4 Å². The van der Waals surface area contributed by atoms with Crippen molar-refractivity contribution in [3.8, 4) is 5.88 Å².